The standard InChI is InChI=1S/C8H9ClN2S/c9-7(11-8(10)12)6-4-2-1-3-5-6/h1-5,7H,(H3,10,11,12). The smallest absolute Gasteiger partial charge is 0.165 e. The predicted molar refractivity (Wildman–Crippen MR) is 55.0 cm³/mol. The van der Waals surface area contributed by atoms with Gasteiger partial charge in [-0.15, -0.1) is 0 Å². The molecule has 0 bridgehead atoms. The zero-order valence-corrected chi connectivity index (χ0v) is 7.90. The number of nitrogens with one attached hydrogen (secondary N) is 1. The first-order valence-corrected chi connectivity index (χ1v) is 4.29. The molecule has 0 amide bonds. The Morgan fingerprint density at radius 3 is 2.50 bits per heavy atom. The van der Waals surface area contributed by atoms with Gasteiger partial charge in [-0.3, -0.25) is 0 Å². The largest absolute Gasteiger partial charge is 0.376 e. The summed E-state index contributed by atoms with van der Waals surface area (Å²) in [5.41, 5.74) is 5.87. The van der Waals surface area contributed by atoms with E-state index in [0.29, 0.717) is 0 Å². The van der Waals surface area contributed by atoms with E-state index >= 15 is 0 Å². The highest BCUT2D eigenvalue weighted by Gasteiger charge is 2.05. The van der Waals surface area contributed by atoms with Crippen LogP contribution in [-0.2, 0) is 0 Å². The molecule has 0 aliphatic carbocycles. The summed E-state index contributed by atoms with van der Waals surface area (Å²) in [6, 6.07) is 9.55. The molecule has 1 aromatic rings. The van der Waals surface area contributed by atoms with Crippen molar-refractivity contribution in [3.63, 3.8) is 0 Å². The van der Waals surface area contributed by atoms with E-state index in [1.165, 1.54) is 0 Å². The lowest BCUT2D eigenvalue weighted by molar-refractivity contribution is 0.878. The second-order valence-corrected chi connectivity index (χ2v) is 3.16. The molecule has 1 aromatic carbocycles. The lowest BCUT2D eigenvalue weighted by Gasteiger charge is -2.10. The molecule has 0 aromatic heterocycles. The first-order valence-electron chi connectivity index (χ1n) is 3.45. The normalized spacial score (nSPS) is 12.1. The highest BCUT2D eigenvalue weighted by atomic mass is 35.5. The molecule has 0 heterocycles. The van der Waals surface area contributed by atoms with Crippen molar-refractivity contribution in [3.05, 3.63) is 35.9 Å². The van der Waals surface area contributed by atoms with Crippen LogP contribution in [0.15, 0.2) is 30.3 Å². The van der Waals surface area contributed by atoms with E-state index in [-0.39, 0.29) is 10.6 Å². The van der Waals surface area contributed by atoms with E-state index in [1.807, 2.05) is 30.3 Å². The van der Waals surface area contributed by atoms with E-state index in [4.69, 9.17) is 17.3 Å². The zero-order chi connectivity index (χ0) is 8.97. The number of hydrogen-bond donors (Lipinski definition) is 2. The van der Waals surface area contributed by atoms with Gasteiger partial charge < -0.3 is 11.1 Å². The van der Waals surface area contributed by atoms with E-state index in [2.05, 4.69) is 17.5 Å². The van der Waals surface area contributed by atoms with Crippen LogP contribution in [0.1, 0.15) is 11.1 Å². The quantitative estimate of drug-likeness (QED) is 0.434. The second-order valence-electron chi connectivity index (χ2n) is 2.28. The summed E-state index contributed by atoms with van der Waals surface area (Å²) >= 11 is 10.6. The minimum absolute atomic E-state index is 0.207. The lowest BCUT2D eigenvalue weighted by atomic mass is 10.2. The molecular weight excluding hydrogens is 192 g/mol. The Labute approximate surface area is 81.7 Å². The fourth-order valence-electron chi connectivity index (χ4n) is 0.830. The van der Waals surface area contributed by atoms with Gasteiger partial charge in [-0.1, -0.05) is 41.9 Å². The molecule has 12 heavy (non-hydrogen) atoms. The first kappa shape index (κ1) is 9.29. The monoisotopic (exact) mass is 200 g/mol. The number of alkyl halides is 1. The summed E-state index contributed by atoms with van der Waals surface area (Å²) < 4.78 is 0. The summed E-state index contributed by atoms with van der Waals surface area (Å²) in [6.07, 6.45) is 0. The number of benzene rings is 1. The minimum Gasteiger partial charge on any atom is -0.376 e. The van der Waals surface area contributed by atoms with Crippen LogP contribution >= 0.6 is 23.8 Å². The summed E-state index contributed by atoms with van der Waals surface area (Å²) in [5, 5.41) is 2.94. The maximum atomic E-state index is 5.92. The Kier molecular flexibility index (Phi) is 3.31. The average molecular weight is 201 g/mol. The molecule has 3 N–H and O–H groups in total. The van der Waals surface area contributed by atoms with Crippen molar-refractivity contribution < 1.29 is 0 Å². The molecule has 1 atom stereocenters. The number of hydrogen-bond acceptors (Lipinski definition) is 1. The van der Waals surface area contributed by atoms with Gasteiger partial charge in [0.1, 0.15) is 5.50 Å². The molecule has 1 unspecified atom stereocenters. The number of halogens is 1. The molecule has 0 fully saturated rings. The first-order chi connectivity index (χ1) is 5.70. The van der Waals surface area contributed by atoms with Crippen LogP contribution < -0.4 is 11.1 Å². The van der Waals surface area contributed by atoms with E-state index in [9.17, 15) is 0 Å². The minimum atomic E-state index is -0.344. The van der Waals surface area contributed by atoms with Gasteiger partial charge in [-0.25, -0.2) is 0 Å². The van der Waals surface area contributed by atoms with Crippen molar-refractivity contribution >= 4 is 28.9 Å². The SMILES string of the molecule is NC(=S)NC(Cl)c1ccccc1. The molecule has 1 rings (SSSR count). The molecule has 0 aliphatic rings. The van der Waals surface area contributed by atoms with E-state index in [0.717, 1.165) is 5.56 Å². The Morgan fingerprint density at radius 2 is 2.00 bits per heavy atom. The molecule has 0 aliphatic heterocycles. The summed E-state index contributed by atoms with van der Waals surface area (Å²) in [5.74, 6) is 0. The Bertz CT molecular complexity index is 263. The van der Waals surface area contributed by atoms with Crippen LogP contribution in [0.2, 0.25) is 0 Å². The molecule has 2 nitrogen and oxygen atoms in total. The molecule has 0 radical (unpaired) electrons. The Morgan fingerprint density at radius 1 is 1.42 bits per heavy atom. The van der Waals surface area contributed by atoms with Gasteiger partial charge >= 0.3 is 0 Å². The maximum Gasteiger partial charge on any atom is 0.165 e. The Hall–Kier alpha value is -0.800. The van der Waals surface area contributed by atoms with Crippen LogP contribution in [-0.4, -0.2) is 5.11 Å². The van der Waals surface area contributed by atoms with Gasteiger partial charge in [-0.05, 0) is 17.8 Å². The van der Waals surface area contributed by atoms with Crippen LogP contribution in [0.5, 0.6) is 0 Å². The van der Waals surface area contributed by atoms with Crippen molar-refractivity contribution in [3.8, 4) is 0 Å². The third-order valence-corrected chi connectivity index (χ3v) is 1.84. The van der Waals surface area contributed by atoms with Gasteiger partial charge in [0, 0.05) is 0 Å². The number of thiocarbonyl (C=S) groups is 1. The maximum absolute atomic E-state index is 5.92. The third-order valence-electron chi connectivity index (χ3n) is 1.36. The van der Waals surface area contributed by atoms with Gasteiger partial charge in [0.15, 0.2) is 5.11 Å². The summed E-state index contributed by atoms with van der Waals surface area (Å²) in [7, 11) is 0. The van der Waals surface area contributed by atoms with Crippen LogP contribution in [0.4, 0.5) is 0 Å². The van der Waals surface area contributed by atoms with Gasteiger partial charge in [0.2, 0.25) is 0 Å². The topological polar surface area (TPSA) is 38.0 Å². The fourth-order valence-corrected chi connectivity index (χ4v) is 1.28. The third kappa shape index (κ3) is 2.68. The van der Waals surface area contributed by atoms with E-state index < -0.39 is 0 Å². The molecule has 4 heteroatoms. The van der Waals surface area contributed by atoms with E-state index in [1.54, 1.807) is 0 Å². The van der Waals surface area contributed by atoms with Crippen molar-refractivity contribution in [1.29, 1.82) is 0 Å². The average Bonchev–Trinajstić information content (AvgIpc) is 2.05. The van der Waals surface area contributed by atoms with Gasteiger partial charge in [-0.2, -0.15) is 0 Å². The summed E-state index contributed by atoms with van der Waals surface area (Å²) in [6.45, 7) is 0. The molecular formula is C8H9ClN2S. The van der Waals surface area contributed by atoms with Crippen molar-refractivity contribution in [2.75, 3.05) is 0 Å². The van der Waals surface area contributed by atoms with Gasteiger partial charge in [0.25, 0.3) is 0 Å². The van der Waals surface area contributed by atoms with Crippen molar-refractivity contribution in [1.82, 2.24) is 5.32 Å². The van der Waals surface area contributed by atoms with Crippen molar-refractivity contribution in [2.45, 2.75) is 5.50 Å². The second kappa shape index (κ2) is 4.28. The highest BCUT2D eigenvalue weighted by Crippen LogP contribution is 2.15. The fraction of sp³-hybridized carbons (Fsp3) is 0.125. The molecule has 0 spiro atoms. The molecule has 0 saturated carbocycles. The van der Waals surface area contributed by atoms with Crippen LogP contribution in [0.25, 0.3) is 0 Å². The van der Waals surface area contributed by atoms with Crippen LogP contribution in [0.3, 0.4) is 0 Å². The van der Waals surface area contributed by atoms with Crippen LogP contribution in [0, 0.1) is 0 Å². The number of rotatable bonds is 2. The highest BCUT2D eigenvalue weighted by molar-refractivity contribution is 7.80. The van der Waals surface area contributed by atoms with Crippen molar-refractivity contribution in [2.24, 2.45) is 5.73 Å². The summed E-state index contributed by atoms with van der Waals surface area (Å²) in [4.78, 5) is 0. The lowest BCUT2D eigenvalue weighted by Crippen LogP contribution is -2.30. The predicted octanol–water partition coefficient (Wildman–Crippen LogP) is 1.76. The zero-order valence-electron chi connectivity index (χ0n) is 6.33. The molecule has 0 saturated heterocycles. The van der Waals surface area contributed by atoms with Gasteiger partial charge in [0.05, 0.1) is 0 Å². The Balaban J connectivity index is 2.65. The number of nitrogens with two attached hydrogens (primary N) is 1. The molecule has 64 valence electrons.